The van der Waals surface area contributed by atoms with Crippen LogP contribution in [-0.4, -0.2) is 42.4 Å². The third-order valence-electron chi connectivity index (χ3n) is 4.48. The summed E-state index contributed by atoms with van der Waals surface area (Å²) in [5.41, 5.74) is 6.17. The quantitative estimate of drug-likeness (QED) is 0.798. The lowest BCUT2D eigenvalue weighted by atomic mass is 9.96. The van der Waals surface area contributed by atoms with Gasteiger partial charge in [0.05, 0.1) is 5.92 Å². The average molecular weight is 332 g/mol. The second-order valence-electron chi connectivity index (χ2n) is 6.04. The molecular weight excluding hydrogens is 308 g/mol. The van der Waals surface area contributed by atoms with Crippen molar-refractivity contribution in [3.05, 3.63) is 35.9 Å². The van der Waals surface area contributed by atoms with E-state index in [1.54, 1.807) is 4.90 Å². The van der Waals surface area contributed by atoms with E-state index >= 15 is 0 Å². The fraction of sp³-hybridized carbons (Fsp3) is 0.500. The maximum Gasteiger partial charge on any atom is 0.313 e. The molecule has 1 aromatic carbocycles. The van der Waals surface area contributed by atoms with E-state index in [4.69, 9.17) is 10.5 Å². The van der Waals surface area contributed by atoms with Gasteiger partial charge < -0.3 is 15.4 Å². The van der Waals surface area contributed by atoms with E-state index in [9.17, 15) is 14.4 Å². The SMILES string of the molecule is CC[C@@H](C(=O)OCC(=O)N1CCC(C(N)=O)CC1)c1ccccc1. The normalized spacial score (nSPS) is 16.5. The van der Waals surface area contributed by atoms with Gasteiger partial charge >= 0.3 is 5.97 Å². The van der Waals surface area contributed by atoms with Crippen molar-refractivity contribution in [3.8, 4) is 0 Å². The van der Waals surface area contributed by atoms with Crippen molar-refractivity contribution in [1.29, 1.82) is 0 Å². The third kappa shape index (κ3) is 4.57. The summed E-state index contributed by atoms with van der Waals surface area (Å²) in [4.78, 5) is 37.2. The van der Waals surface area contributed by atoms with Crippen LogP contribution in [0.5, 0.6) is 0 Å². The van der Waals surface area contributed by atoms with E-state index in [1.165, 1.54) is 0 Å². The van der Waals surface area contributed by atoms with Crippen LogP contribution in [0.3, 0.4) is 0 Å². The number of likely N-dealkylation sites (tertiary alicyclic amines) is 1. The van der Waals surface area contributed by atoms with Crippen LogP contribution < -0.4 is 5.73 Å². The van der Waals surface area contributed by atoms with Gasteiger partial charge in [0.2, 0.25) is 5.91 Å². The predicted molar refractivity (Wildman–Crippen MR) is 88.9 cm³/mol. The second-order valence-corrected chi connectivity index (χ2v) is 6.04. The van der Waals surface area contributed by atoms with Crippen LogP contribution in [0.2, 0.25) is 0 Å². The van der Waals surface area contributed by atoms with E-state index in [2.05, 4.69) is 0 Å². The number of ether oxygens (including phenoxy) is 1. The topological polar surface area (TPSA) is 89.7 Å². The molecule has 6 heteroatoms. The number of carbonyl (C=O) groups is 3. The van der Waals surface area contributed by atoms with Gasteiger partial charge in [0.1, 0.15) is 0 Å². The smallest absolute Gasteiger partial charge is 0.313 e. The number of hydrogen-bond acceptors (Lipinski definition) is 4. The lowest BCUT2D eigenvalue weighted by Crippen LogP contribution is -2.43. The molecule has 130 valence electrons. The fourth-order valence-electron chi connectivity index (χ4n) is 2.96. The molecule has 2 amide bonds. The first kappa shape index (κ1) is 18.0. The van der Waals surface area contributed by atoms with Crippen LogP contribution in [0, 0.1) is 5.92 Å². The van der Waals surface area contributed by atoms with Crippen LogP contribution in [0.4, 0.5) is 0 Å². The average Bonchev–Trinajstić information content (AvgIpc) is 2.61. The van der Waals surface area contributed by atoms with Crippen LogP contribution in [-0.2, 0) is 19.1 Å². The van der Waals surface area contributed by atoms with Gasteiger partial charge in [-0.05, 0) is 24.8 Å². The molecule has 24 heavy (non-hydrogen) atoms. The molecule has 0 spiro atoms. The maximum absolute atomic E-state index is 12.2. The largest absolute Gasteiger partial charge is 0.455 e. The third-order valence-corrected chi connectivity index (χ3v) is 4.48. The molecule has 1 aliphatic heterocycles. The highest BCUT2D eigenvalue weighted by Gasteiger charge is 2.27. The van der Waals surface area contributed by atoms with E-state index in [0.29, 0.717) is 32.4 Å². The number of benzene rings is 1. The Morgan fingerprint density at radius 1 is 1.21 bits per heavy atom. The Morgan fingerprint density at radius 2 is 1.83 bits per heavy atom. The lowest BCUT2D eigenvalue weighted by Gasteiger charge is -2.30. The zero-order valence-corrected chi connectivity index (χ0v) is 13.9. The first-order valence-electron chi connectivity index (χ1n) is 8.31. The Kier molecular flexibility index (Phi) is 6.35. The molecule has 0 saturated carbocycles. The minimum Gasteiger partial charge on any atom is -0.455 e. The van der Waals surface area contributed by atoms with Crippen molar-refractivity contribution in [2.75, 3.05) is 19.7 Å². The number of rotatable bonds is 6. The lowest BCUT2D eigenvalue weighted by molar-refractivity contribution is -0.154. The molecule has 1 saturated heterocycles. The van der Waals surface area contributed by atoms with E-state index < -0.39 is 0 Å². The predicted octanol–water partition coefficient (Wildman–Crippen LogP) is 1.45. The van der Waals surface area contributed by atoms with Crippen LogP contribution in [0.25, 0.3) is 0 Å². The van der Waals surface area contributed by atoms with E-state index in [0.717, 1.165) is 5.56 Å². The van der Waals surface area contributed by atoms with Gasteiger partial charge in [0.15, 0.2) is 6.61 Å². The summed E-state index contributed by atoms with van der Waals surface area (Å²) in [5, 5.41) is 0. The highest BCUT2D eigenvalue weighted by molar-refractivity contribution is 5.83. The maximum atomic E-state index is 12.2. The van der Waals surface area contributed by atoms with Crippen LogP contribution in [0.15, 0.2) is 30.3 Å². The zero-order valence-electron chi connectivity index (χ0n) is 13.9. The molecule has 6 nitrogen and oxygen atoms in total. The van der Waals surface area contributed by atoms with E-state index in [1.807, 2.05) is 37.3 Å². The van der Waals surface area contributed by atoms with Crippen molar-refractivity contribution in [3.63, 3.8) is 0 Å². The van der Waals surface area contributed by atoms with Crippen molar-refractivity contribution in [2.45, 2.75) is 32.1 Å². The summed E-state index contributed by atoms with van der Waals surface area (Å²) >= 11 is 0. The molecule has 0 radical (unpaired) electrons. The monoisotopic (exact) mass is 332 g/mol. The van der Waals surface area contributed by atoms with Crippen LogP contribution in [0.1, 0.15) is 37.7 Å². The zero-order chi connectivity index (χ0) is 17.5. The number of carbonyl (C=O) groups excluding carboxylic acids is 3. The number of nitrogens with zero attached hydrogens (tertiary/aromatic N) is 1. The van der Waals surface area contributed by atoms with Gasteiger partial charge in [-0.3, -0.25) is 14.4 Å². The minimum atomic E-state index is -0.385. The van der Waals surface area contributed by atoms with Gasteiger partial charge in [-0.1, -0.05) is 37.3 Å². The first-order chi connectivity index (χ1) is 11.5. The Balaban J connectivity index is 1.83. The van der Waals surface area contributed by atoms with Gasteiger partial charge in [-0.15, -0.1) is 0 Å². The molecule has 0 unspecified atom stereocenters. The molecule has 1 heterocycles. The molecule has 0 aliphatic carbocycles. The number of esters is 1. The molecule has 2 rings (SSSR count). The summed E-state index contributed by atoms with van der Waals surface area (Å²) < 4.78 is 5.22. The highest BCUT2D eigenvalue weighted by atomic mass is 16.5. The summed E-state index contributed by atoms with van der Waals surface area (Å²) in [7, 11) is 0. The van der Waals surface area contributed by atoms with Crippen LogP contribution >= 0.6 is 0 Å². The Labute approximate surface area is 142 Å². The number of primary amides is 1. The van der Waals surface area contributed by atoms with Crippen molar-refractivity contribution in [1.82, 2.24) is 4.90 Å². The Hall–Kier alpha value is -2.37. The van der Waals surface area contributed by atoms with Gasteiger partial charge in [0, 0.05) is 19.0 Å². The van der Waals surface area contributed by atoms with Gasteiger partial charge in [0.25, 0.3) is 5.91 Å². The Morgan fingerprint density at radius 3 is 2.38 bits per heavy atom. The van der Waals surface area contributed by atoms with Crippen molar-refractivity contribution in [2.24, 2.45) is 11.7 Å². The summed E-state index contributed by atoms with van der Waals surface area (Å²) in [6, 6.07) is 9.40. The molecular formula is C18H24N2O4. The van der Waals surface area contributed by atoms with Crippen molar-refractivity contribution >= 4 is 17.8 Å². The first-order valence-corrected chi connectivity index (χ1v) is 8.31. The molecule has 1 aromatic rings. The number of nitrogens with two attached hydrogens (primary N) is 1. The number of hydrogen-bond donors (Lipinski definition) is 1. The molecule has 0 aromatic heterocycles. The Bertz CT molecular complexity index is 580. The van der Waals surface area contributed by atoms with Crippen molar-refractivity contribution < 1.29 is 19.1 Å². The fourth-order valence-corrected chi connectivity index (χ4v) is 2.96. The standard InChI is InChI=1S/C18H24N2O4/c1-2-15(13-6-4-3-5-7-13)18(23)24-12-16(21)20-10-8-14(9-11-20)17(19)22/h3-7,14-15H,2,8-12H2,1H3,(H2,19,22)/t15-/m1/s1. The molecule has 2 N–H and O–H groups in total. The molecule has 1 fully saturated rings. The summed E-state index contributed by atoms with van der Waals surface area (Å²) in [6.07, 6.45) is 1.74. The number of amides is 2. The summed E-state index contributed by atoms with van der Waals surface area (Å²) in [6.45, 7) is 2.60. The summed E-state index contributed by atoms with van der Waals surface area (Å²) in [5.74, 6) is -1.46. The van der Waals surface area contributed by atoms with E-state index in [-0.39, 0.29) is 36.2 Å². The molecule has 0 bridgehead atoms. The van der Waals surface area contributed by atoms with Gasteiger partial charge in [-0.2, -0.15) is 0 Å². The highest BCUT2D eigenvalue weighted by Crippen LogP contribution is 2.21. The van der Waals surface area contributed by atoms with Gasteiger partial charge in [-0.25, -0.2) is 0 Å². The number of piperidine rings is 1. The second kappa shape index (κ2) is 8.47. The minimum absolute atomic E-state index is 0.167. The molecule has 1 aliphatic rings. The molecule has 1 atom stereocenters.